The molecule has 0 radical (unpaired) electrons. The number of rotatable bonds is 2. The lowest BCUT2D eigenvalue weighted by Crippen LogP contribution is -2.44. The summed E-state index contributed by atoms with van der Waals surface area (Å²) in [4.78, 5) is 4.05. The average Bonchev–Trinajstić information content (AvgIpc) is 2.40. The second kappa shape index (κ2) is 5.47. The van der Waals surface area contributed by atoms with Crippen molar-refractivity contribution < 1.29 is 9.47 Å². The van der Waals surface area contributed by atoms with E-state index in [9.17, 15) is 0 Å². The summed E-state index contributed by atoms with van der Waals surface area (Å²) in [7, 11) is 0. The summed E-state index contributed by atoms with van der Waals surface area (Å²) >= 11 is 0. The fourth-order valence-corrected chi connectivity index (χ4v) is 3.35. The van der Waals surface area contributed by atoms with Crippen LogP contribution in [-0.2, 0) is 15.9 Å². The van der Waals surface area contributed by atoms with Crippen molar-refractivity contribution in [3.8, 4) is 0 Å². The summed E-state index contributed by atoms with van der Waals surface area (Å²) in [5, 5.41) is 0. The topological polar surface area (TPSA) is 57.4 Å². The molecule has 2 aliphatic heterocycles. The number of hydrogen-bond acceptors (Lipinski definition) is 4. The lowest BCUT2D eigenvalue weighted by atomic mass is 9.78. The minimum atomic E-state index is 0.0831. The molecule has 1 aromatic heterocycles. The van der Waals surface area contributed by atoms with Gasteiger partial charge in [-0.25, -0.2) is 4.98 Å². The Kier molecular flexibility index (Phi) is 3.71. The van der Waals surface area contributed by atoms with Crippen LogP contribution >= 0.6 is 0 Å². The molecule has 2 aliphatic rings. The van der Waals surface area contributed by atoms with E-state index in [1.807, 2.05) is 6.07 Å². The standard InChI is InChI=1S/C15H22N2O2/c16-14-10-12(1-5-17-14)9-13-2-6-19-15(11-13)3-7-18-8-4-15/h1,5,10,13H,2-4,6-9,11H2,(H2,16,17). The second-order valence-corrected chi connectivity index (χ2v) is 5.80. The molecule has 2 saturated heterocycles. The first-order chi connectivity index (χ1) is 9.26. The predicted molar refractivity (Wildman–Crippen MR) is 73.8 cm³/mol. The third-order valence-corrected chi connectivity index (χ3v) is 4.37. The van der Waals surface area contributed by atoms with Gasteiger partial charge in [-0.15, -0.1) is 0 Å². The highest BCUT2D eigenvalue weighted by molar-refractivity contribution is 5.32. The zero-order valence-electron chi connectivity index (χ0n) is 11.3. The molecule has 2 fully saturated rings. The van der Waals surface area contributed by atoms with Crippen LogP contribution in [-0.4, -0.2) is 30.4 Å². The van der Waals surface area contributed by atoms with Crippen molar-refractivity contribution in [1.82, 2.24) is 4.98 Å². The number of anilines is 1. The highest BCUT2D eigenvalue weighted by Gasteiger charge is 2.38. The molecule has 4 nitrogen and oxygen atoms in total. The Labute approximate surface area is 114 Å². The molecule has 0 amide bonds. The molecule has 4 heteroatoms. The SMILES string of the molecule is Nc1cc(CC2CCOC3(CCOCC3)C2)ccn1. The maximum absolute atomic E-state index is 6.08. The maximum Gasteiger partial charge on any atom is 0.123 e. The number of ether oxygens (including phenoxy) is 2. The molecule has 0 aliphatic carbocycles. The highest BCUT2D eigenvalue weighted by atomic mass is 16.5. The zero-order chi connectivity index (χ0) is 13.1. The third-order valence-electron chi connectivity index (χ3n) is 4.37. The van der Waals surface area contributed by atoms with E-state index in [4.69, 9.17) is 15.2 Å². The maximum atomic E-state index is 6.08. The molecule has 1 atom stereocenters. The van der Waals surface area contributed by atoms with Gasteiger partial charge in [-0.05, 0) is 55.7 Å². The fourth-order valence-electron chi connectivity index (χ4n) is 3.35. The van der Waals surface area contributed by atoms with Crippen LogP contribution in [0.15, 0.2) is 18.3 Å². The molecule has 0 saturated carbocycles. The lowest BCUT2D eigenvalue weighted by molar-refractivity contribution is -0.146. The van der Waals surface area contributed by atoms with Gasteiger partial charge in [-0.2, -0.15) is 0 Å². The van der Waals surface area contributed by atoms with Gasteiger partial charge in [-0.1, -0.05) is 0 Å². The summed E-state index contributed by atoms with van der Waals surface area (Å²) in [5.41, 5.74) is 7.12. The lowest BCUT2D eigenvalue weighted by Gasteiger charge is -2.43. The van der Waals surface area contributed by atoms with E-state index in [0.717, 1.165) is 51.9 Å². The smallest absolute Gasteiger partial charge is 0.123 e. The quantitative estimate of drug-likeness (QED) is 0.887. The summed E-state index contributed by atoms with van der Waals surface area (Å²) < 4.78 is 11.5. The molecule has 1 unspecified atom stereocenters. The van der Waals surface area contributed by atoms with Gasteiger partial charge in [0.25, 0.3) is 0 Å². The van der Waals surface area contributed by atoms with Gasteiger partial charge in [0.1, 0.15) is 5.82 Å². The number of nitrogen functional groups attached to an aromatic ring is 1. The summed E-state index contributed by atoms with van der Waals surface area (Å²) in [6.45, 7) is 2.56. The van der Waals surface area contributed by atoms with Gasteiger partial charge in [0.05, 0.1) is 5.60 Å². The van der Waals surface area contributed by atoms with E-state index in [1.165, 1.54) is 5.56 Å². The Hall–Kier alpha value is -1.13. The number of aromatic nitrogens is 1. The van der Waals surface area contributed by atoms with Crippen LogP contribution in [0, 0.1) is 5.92 Å². The minimum Gasteiger partial charge on any atom is -0.384 e. The Bertz CT molecular complexity index is 424. The summed E-state index contributed by atoms with van der Waals surface area (Å²) in [5.74, 6) is 1.30. The monoisotopic (exact) mass is 262 g/mol. The zero-order valence-corrected chi connectivity index (χ0v) is 11.3. The molecule has 2 N–H and O–H groups in total. The van der Waals surface area contributed by atoms with E-state index in [1.54, 1.807) is 6.20 Å². The molecule has 19 heavy (non-hydrogen) atoms. The predicted octanol–water partition coefficient (Wildman–Crippen LogP) is 2.18. The van der Waals surface area contributed by atoms with E-state index < -0.39 is 0 Å². The first-order valence-electron chi connectivity index (χ1n) is 7.18. The number of nitrogens with two attached hydrogens (primary N) is 1. The summed E-state index contributed by atoms with van der Waals surface area (Å²) in [6.07, 6.45) is 7.26. The number of hydrogen-bond donors (Lipinski definition) is 1. The normalized spacial score (nSPS) is 26.4. The largest absolute Gasteiger partial charge is 0.384 e. The molecule has 0 aromatic carbocycles. The molecule has 1 spiro atoms. The van der Waals surface area contributed by atoms with Crippen LogP contribution in [0.5, 0.6) is 0 Å². The van der Waals surface area contributed by atoms with Crippen molar-refractivity contribution >= 4 is 5.82 Å². The molecule has 1 aromatic rings. The van der Waals surface area contributed by atoms with E-state index >= 15 is 0 Å². The highest BCUT2D eigenvalue weighted by Crippen LogP contribution is 2.38. The van der Waals surface area contributed by atoms with Crippen LogP contribution in [0.3, 0.4) is 0 Å². The average molecular weight is 262 g/mol. The van der Waals surface area contributed by atoms with Gasteiger partial charge >= 0.3 is 0 Å². The Morgan fingerprint density at radius 1 is 1.32 bits per heavy atom. The third kappa shape index (κ3) is 3.07. The molecule has 3 heterocycles. The van der Waals surface area contributed by atoms with Crippen molar-refractivity contribution in [2.75, 3.05) is 25.6 Å². The van der Waals surface area contributed by atoms with Gasteiger partial charge in [0.15, 0.2) is 0 Å². The van der Waals surface area contributed by atoms with Crippen LogP contribution in [0.2, 0.25) is 0 Å². The Morgan fingerprint density at radius 3 is 2.95 bits per heavy atom. The summed E-state index contributed by atoms with van der Waals surface area (Å²) in [6, 6.07) is 4.06. The van der Waals surface area contributed by atoms with Gasteiger partial charge in [-0.3, -0.25) is 0 Å². The van der Waals surface area contributed by atoms with Crippen molar-refractivity contribution in [3.05, 3.63) is 23.9 Å². The van der Waals surface area contributed by atoms with Crippen LogP contribution in [0.1, 0.15) is 31.2 Å². The van der Waals surface area contributed by atoms with E-state index in [-0.39, 0.29) is 5.60 Å². The Balaban J connectivity index is 1.65. The molecule has 3 rings (SSSR count). The first kappa shape index (κ1) is 12.9. The van der Waals surface area contributed by atoms with Crippen LogP contribution < -0.4 is 5.73 Å². The number of nitrogens with zero attached hydrogens (tertiary/aromatic N) is 1. The van der Waals surface area contributed by atoms with Gasteiger partial charge < -0.3 is 15.2 Å². The van der Waals surface area contributed by atoms with Crippen LogP contribution in [0.4, 0.5) is 5.82 Å². The van der Waals surface area contributed by atoms with E-state index in [2.05, 4.69) is 11.1 Å². The molecule has 0 bridgehead atoms. The van der Waals surface area contributed by atoms with Crippen LogP contribution in [0.25, 0.3) is 0 Å². The first-order valence-corrected chi connectivity index (χ1v) is 7.18. The Morgan fingerprint density at radius 2 is 2.16 bits per heavy atom. The number of pyridine rings is 1. The van der Waals surface area contributed by atoms with Crippen molar-refractivity contribution in [2.45, 2.75) is 37.7 Å². The minimum absolute atomic E-state index is 0.0831. The van der Waals surface area contributed by atoms with Gasteiger partial charge in [0, 0.05) is 26.0 Å². The van der Waals surface area contributed by atoms with E-state index in [0.29, 0.717) is 11.7 Å². The molecule has 104 valence electrons. The molecular weight excluding hydrogens is 240 g/mol. The molecular formula is C15H22N2O2. The van der Waals surface area contributed by atoms with Crippen molar-refractivity contribution in [3.63, 3.8) is 0 Å². The van der Waals surface area contributed by atoms with Crippen molar-refractivity contribution in [2.24, 2.45) is 5.92 Å². The van der Waals surface area contributed by atoms with Crippen molar-refractivity contribution in [1.29, 1.82) is 0 Å². The van der Waals surface area contributed by atoms with Gasteiger partial charge in [0.2, 0.25) is 0 Å². The second-order valence-electron chi connectivity index (χ2n) is 5.80. The fraction of sp³-hybridized carbons (Fsp3) is 0.667.